The van der Waals surface area contributed by atoms with Gasteiger partial charge in [-0.05, 0) is 27.2 Å². The Morgan fingerprint density at radius 2 is 2.04 bits per heavy atom. The molecule has 3 heterocycles. The first-order valence-electron chi connectivity index (χ1n) is 8.65. The molecule has 1 saturated heterocycles. The van der Waals surface area contributed by atoms with Crippen molar-refractivity contribution in [2.75, 3.05) is 5.75 Å². The van der Waals surface area contributed by atoms with Gasteiger partial charge in [-0.25, -0.2) is 14.6 Å². The van der Waals surface area contributed by atoms with Crippen LogP contribution in [0.15, 0.2) is 5.16 Å². The third-order valence-electron chi connectivity index (χ3n) is 4.63. The highest BCUT2D eigenvalue weighted by molar-refractivity contribution is 7.99. The van der Waals surface area contributed by atoms with Crippen molar-refractivity contribution in [1.29, 1.82) is 0 Å². The second kappa shape index (κ2) is 6.15. The zero-order valence-corrected chi connectivity index (χ0v) is 15.7. The summed E-state index contributed by atoms with van der Waals surface area (Å²) >= 11 is 1.63. The smallest absolute Gasteiger partial charge is 0.189 e. The van der Waals surface area contributed by atoms with E-state index in [4.69, 9.17) is 9.47 Å². The van der Waals surface area contributed by atoms with Crippen LogP contribution in [0.4, 0.5) is 0 Å². The molecule has 8 nitrogen and oxygen atoms in total. The third-order valence-corrected chi connectivity index (χ3v) is 5.69. The van der Waals surface area contributed by atoms with Gasteiger partial charge in [0.05, 0.1) is 17.8 Å². The van der Waals surface area contributed by atoms with Gasteiger partial charge in [0, 0.05) is 12.2 Å². The van der Waals surface area contributed by atoms with Crippen LogP contribution in [0.3, 0.4) is 0 Å². The molecular weight excluding hydrogens is 342 g/mol. The van der Waals surface area contributed by atoms with Crippen LogP contribution in [-0.4, -0.2) is 59.9 Å². The van der Waals surface area contributed by atoms with Gasteiger partial charge in [-0.3, -0.25) is 0 Å². The Balaban J connectivity index is 1.73. The summed E-state index contributed by atoms with van der Waals surface area (Å²) in [7, 11) is 0. The average molecular weight is 365 g/mol. The molecule has 1 N–H and O–H groups in total. The SMILES string of the molecule is CCCSc1nc(C)c2nnn([C@@H]3C[C@H](O)[C@H]4OC(C)(C)O[C@H]43)c2n1. The normalized spacial score (nSPS) is 30.9. The predicted molar refractivity (Wildman–Crippen MR) is 92.4 cm³/mol. The summed E-state index contributed by atoms with van der Waals surface area (Å²) in [5.74, 6) is 0.253. The first-order chi connectivity index (χ1) is 11.9. The second-order valence-corrected chi connectivity index (χ2v) is 8.14. The number of thioether (sulfide) groups is 1. The van der Waals surface area contributed by atoms with Crippen LogP contribution >= 0.6 is 11.8 Å². The number of aliphatic hydroxyl groups excluding tert-OH is 1. The lowest BCUT2D eigenvalue weighted by molar-refractivity contribution is -0.165. The van der Waals surface area contributed by atoms with Crippen LogP contribution in [-0.2, 0) is 9.47 Å². The molecule has 1 aliphatic heterocycles. The van der Waals surface area contributed by atoms with E-state index < -0.39 is 11.9 Å². The number of aliphatic hydroxyl groups is 1. The Kier molecular flexibility index (Phi) is 4.22. The Morgan fingerprint density at radius 3 is 2.80 bits per heavy atom. The standard InChI is InChI=1S/C16H23N5O3S/c1-5-6-25-15-17-8(2)11-14(18-15)21(20-19-11)9-7-10(22)13-12(9)23-16(3,4)24-13/h9-10,12-13,22H,5-7H2,1-4H3/t9-,10+,12+,13-/m1/s1. The summed E-state index contributed by atoms with van der Waals surface area (Å²) in [5.41, 5.74) is 2.20. The van der Waals surface area contributed by atoms with E-state index >= 15 is 0 Å². The van der Waals surface area contributed by atoms with Gasteiger partial charge in [0.1, 0.15) is 12.2 Å². The van der Waals surface area contributed by atoms with Crippen molar-refractivity contribution >= 4 is 22.9 Å². The Labute approximate surface area is 150 Å². The lowest BCUT2D eigenvalue weighted by Gasteiger charge is -2.22. The van der Waals surface area contributed by atoms with Crippen molar-refractivity contribution in [3.63, 3.8) is 0 Å². The predicted octanol–water partition coefficient (Wildman–Crippen LogP) is 1.86. The molecule has 2 fully saturated rings. The molecule has 1 aliphatic carbocycles. The highest BCUT2D eigenvalue weighted by Gasteiger charge is 2.55. The number of rotatable bonds is 4. The molecule has 2 aromatic rings. The fraction of sp³-hybridized carbons (Fsp3) is 0.750. The van der Waals surface area contributed by atoms with Crippen LogP contribution in [0.5, 0.6) is 0 Å². The zero-order chi connectivity index (χ0) is 17.8. The Morgan fingerprint density at radius 1 is 1.28 bits per heavy atom. The van der Waals surface area contributed by atoms with Gasteiger partial charge in [-0.15, -0.1) is 5.10 Å². The van der Waals surface area contributed by atoms with Crippen molar-refractivity contribution in [3.8, 4) is 0 Å². The summed E-state index contributed by atoms with van der Waals surface area (Å²) in [5, 5.41) is 19.7. The van der Waals surface area contributed by atoms with Crippen molar-refractivity contribution in [2.24, 2.45) is 0 Å². The van der Waals surface area contributed by atoms with E-state index in [-0.39, 0.29) is 18.2 Å². The highest BCUT2D eigenvalue weighted by atomic mass is 32.2. The van der Waals surface area contributed by atoms with Gasteiger partial charge in [0.2, 0.25) is 0 Å². The third kappa shape index (κ3) is 2.92. The van der Waals surface area contributed by atoms with Gasteiger partial charge < -0.3 is 14.6 Å². The first kappa shape index (κ1) is 17.1. The molecule has 4 atom stereocenters. The maximum absolute atomic E-state index is 10.4. The Bertz CT molecular complexity index is 795. The van der Waals surface area contributed by atoms with E-state index in [0.29, 0.717) is 17.6 Å². The van der Waals surface area contributed by atoms with Gasteiger partial charge in [-0.1, -0.05) is 23.9 Å². The van der Waals surface area contributed by atoms with E-state index in [9.17, 15) is 5.11 Å². The van der Waals surface area contributed by atoms with E-state index in [1.165, 1.54) is 0 Å². The highest BCUT2D eigenvalue weighted by Crippen LogP contribution is 2.44. The molecule has 0 radical (unpaired) electrons. The molecule has 0 bridgehead atoms. The average Bonchev–Trinajstić information content (AvgIpc) is 3.18. The molecule has 2 aliphatic rings. The molecule has 25 heavy (non-hydrogen) atoms. The number of hydrogen-bond acceptors (Lipinski definition) is 8. The zero-order valence-electron chi connectivity index (χ0n) is 14.8. The van der Waals surface area contributed by atoms with E-state index in [1.807, 2.05) is 20.8 Å². The van der Waals surface area contributed by atoms with Gasteiger partial charge in [-0.2, -0.15) is 0 Å². The van der Waals surface area contributed by atoms with Crippen molar-refractivity contribution in [2.45, 2.75) is 75.8 Å². The minimum Gasteiger partial charge on any atom is -0.390 e. The van der Waals surface area contributed by atoms with Crippen molar-refractivity contribution in [3.05, 3.63) is 5.69 Å². The second-order valence-electron chi connectivity index (χ2n) is 7.08. The number of aromatic nitrogens is 5. The van der Waals surface area contributed by atoms with E-state index in [2.05, 4.69) is 27.2 Å². The van der Waals surface area contributed by atoms with E-state index in [0.717, 1.165) is 23.0 Å². The number of aryl methyl sites for hydroxylation is 1. The quantitative estimate of drug-likeness (QED) is 0.648. The molecule has 0 amide bonds. The fourth-order valence-electron chi connectivity index (χ4n) is 3.59. The molecular formula is C16H23N5O3S. The summed E-state index contributed by atoms with van der Waals surface area (Å²) in [6, 6.07) is -0.162. The van der Waals surface area contributed by atoms with Crippen LogP contribution in [0.1, 0.15) is 45.3 Å². The molecule has 0 spiro atoms. The first-order valence-corrected chi connectivity index (χ1v) is 9.64. The maximum Gasteiger partial charge on any atom is 0.189 e. The number of nitrogens with zero attached hydrogens (tertiary/aromatic N) is 5. The number of hydrogen-bond donors (Lipinski definition) is 1. The molecule has 136 valence electrons. The molecule has 2 aromatic heterocycles. The summed E-state index contributed by atoms with van der Waals surface area (Å²) in [6.45, 7) is 7.77. The number of ether oxygens (including phenoxy) is 2. The van der Waals surface area contributed by atoms with E-state index in [1.54, 1.807) is 16.4 Å². The van der Waals surface area contributed by atoms with Gasteiger partial charge in [0.25, 0.3) is 0 Å². The molecule has 0 unspecified atom stereocenters. The molecule has 1 saturated carbocycles. The molecule has 9 heteroatoms. The van der Waals surface area contributed by atoms with Gasteiger partial charge in [0.15, 0.2) is 22.1 Å². The van der Waals surface area contributed by atoms with Gasteiger partial charge >= 0.3 is 0 Å². The topological polar surface area (TPSA) is 95.2 Å². The Hall–Kier alpha value is -1.29. The molecule has 0 aromatic carbocycles. The maximum atomic E-state index is 10.4. The summed E-state index contributed by atoms with van der Waals surface area (Å²) in [6.07, 6.45) is 0.354. The van der Waals surface area contributed by atoms with Crippen LogP contribution in [0.2, 0.25) is 0 Å². The molecule has 4 rings (SSSR count). The van der Waals surface area contributed by atoms with Crippen LogP contribution in [0.25, 0.3) is 11.2 Å². The minimum atomic E-state index is -0.710. The fourth-order valence-corrected chi connectivity index (χ4v) is 4.33. The summed E-state index contributed by atoms with van der Waals surface area (Å²) < 4.78 is 13.7. The lowest BCUT2D eigenvalue weighted by Crippen LogP contribution is -2.29. The van der Waals surface area contributed by atoms with Crippen LogP contribution < -0.4 is 0 Å². The summed E-state index contributed by atoms with van der Waals surface area (Å²) in [4.78, 5) is 9.18. The van der Waals surface area contributed by atoms with Crippen LogP contribution in [0, 0.1) is 6.92 Å². The monoisotopic (exact) mass is 365 g/mol. The van der Waals surface area contributed by atoms with Crippen molar-refractivity contribution in [1.82, 2.24) is 25.0 Å². The lowest BCUT2D eigenvalue weighted by atomic mass is 10.2. The number of fused-ring (bicyclic) bond motifs is 2. The minimum absolute atomic E-state index is 0.162. The largest absolute Gasteiger partial charge is 0.390 e. The van der Waals surface area contributed by atoms with Crippen molar-refractivity contribution < 1.29 is 14.6 Å².